The van der Waals surface area contributed by atoms with Gasteiger partial charge in [0.05, 0.1) is 34.9 Å². The van der Waals surface area contributed by atoms with Gasteiger partial charge in [-0.2, -0.15) is 0 Å². The fraction of sp³-hybridized carbons (Fsp3) is 0.592. The van der Waals surface area contributed by atoms with Gasteiger partial charge in [-0.05, 0) is 96.8 Å². The maximum Gasteiger partial charge on any atom is 0.425 e. The van der Waals surface area contributed by atoms with Crippen LogP contribution in [0.3, 0.4) is 0 Å². The molecule has 2 aromatic carbocycles. The number of pyridine rings is 1. The maximum atomic E-state index is 17.1. The number of carbonyl (C=O) groups excluding carboxylic acids is 5. The predicted molar refractivity (Wildman–Crippen MR) is 238 cm³/mol. The van der Waals surface area contributed by atoms with Crippen LogP contribution in [0, 0.1) is 17.8 Å². The Hall–Kier alpha value is -4.87. The minimum Gasteiger partial charge on any atom is -0.456 e. The van der Waals surface area contributed by atoms with Crippen molar-refractivity contribution in [3.05, 3.63) is 78.0 Å². The molecule has 1 amide bonds. The van der Waals surface area contributed by atoms with Crippen LogP contribution in [-0.2, 0) is 49.2 Å². The average molecular weight is 905 g/mol. The zero-order chi connectivity index (χ0) is 47.4. The van der Waals surface area contributed by atoms with Crippen molar-refractivity contribution in [2.24, 2.45) is 17.8 Å². The fourth-order valence-corrected chi connectivity index (χ4v) is 9.74. The van der Waals surface area contributed by atoms with Crippen LogP contribution >= 0.6 is 0 Å². The van der Waals surface area contributed by atoms with Crippen molar-refractivity contribution in [3.8, 4) is 0 Å². The summed E-state index contributed by atoms with van der Waals surface area (Å²) in [7, 11) is 5.07. The number of halogens is 1. The lowest BCUT2D eigenvalue weighted by Crippen LogP contribution is -2.61. The Bertz CT molecular complexity index is 2170. The number of likely N-dealkylation sites (N-methyl/N-ethyl adjacent to an activating group) is 1. The normalized spacial score (nSPS) is 33.9. The van der Waals surface area contributed by atoms with Crippen molar-refractivity contribution in [1.29, 1.82) is 0 Å². The first kappa shape index (κ1) is 49.6. The average Bonchev–Trinajstić information content (AvgIpc) is 3.62. The number of aromatic nitrogens is 1. The van der Waals surface area contributed by atoms with Gasteiger partial charge in [-0.15, -0.1) is 0 Å². The summed E-state index contributed by atoms with van der Waals surface area (Å²) in [4.78, 5) is 76.9. The Balaban J connectivity index is 1.32. The number of esters is 2. The highest BCUT2D eigenvalue weighted by Gasteiger charge is 2.57. The number of hydrogen-bond acceptors (Lipinski definition) is 14. The third-order valence-corrected chi connectivity index (χ3v) is 13.5. The first-order valence-electron chi connectivity index (χ1n) is 22.6. The van der Waals surface area contributed by atoms with Crippen molar-refractivity contribution >= 4 is 40.5 Å². The molecule has 16 heteroatoms. The van der Waals surface area contributed by atoms with Crippen molar-refractivity contribution in [1.82, 2.24) is 20.3 Å². The van der Waals surface area contributed by atoms with E-state index in [1.165, 1.54) is 19.0 Å². The number of hydrogen-bond donors (Lipinski definition) is 1. The molecule has 3 fully saturated rings. The van der Waals surface area contributed by atoms with Gasteiger partial charge in [0.1, 0.15) is 17.9 Å². The molecular weight excluding hydrogens is 840 g/mol. The van der Waals surface area contributed by atoms with Gasteiger partial charge in [-0.3, -0.25) is 14.6 Å². The SMILES string of the molecule is CC[C@H]1OC(=O)[C@@](C)(F)C(=O)[C@H](C)[C@@H](O[C@@H]2O[C@H](C)C[C@H](N(C)C)[C@H]2OC(=O)c2ccccc2)[C@](C)(OC)C[C@@H](C)C(=O)[C@H](C)[C@@H]2C1OC(=O)N2NCCCc1ccnc2ccccc12. The Kier molecular flexibility index (Phi) is 15.8. The number of rotatable bonds is 12. The largest absolute Gasteiger partial charge is 0.456 e. The van der Waals surface area contributed by atoms with Crippen LogP contribution in [0.15, 0.2) is 66.9 Å². The first-order valence-corrected chi connectivity index (χ1v) is 22.6. The van der Waals surface area contributed by atoms with Crippen LogP contribution in [0.2, 0.25) is 0 Å². The molecule has 1 N–H and O–H groups in total. The maximum absolute atomic E-state index is 17.1. The summed E-state index contributed by atoms with van der Waals surface area (Å²) in [6, 6.07) is 16.8. The van der Waals surface area contributed by atoms with Gasteiger partial charge in [0.25, 0.3) is 5.67 Å². The lowest BCUT2D eigenvalue weighted by Gasteiger charge is -2.47. The highest BCUT2D eigenvalue weighted by Crippen LogP contribution is 2.40. The zero-order valence-electron chi connectivity index (χ0n) is 39.2. The monoisotopic (exact) mass is 904 g/mol. The molecule has 354 valence electrons. The molecule has 65 heavy (non-hydrogen) atoms. The van der Waals surface area contributed by atoms with E-state index < -0.39 is 102 Å². The van der Waals surface area contributed by atoms with E-state index in [4.69, 9.17) is 28.4 Å². The van der Waals surface area contributed by atoms with E-state index in [1.807, 2.05) is 56.3 Å². The lowest BCUT2D eigenvalue weighted by atomic mass is 9.75. The van der Waals surface area contributed by atoms with Crippen molar-refractivity contribution < 1.29 is 56.8 Å². The Morgan fingerprint density at radius 1 is 0.969 bits per heavy atom. The number of cyclic esters (lactones) is 1. The van der Waals surface area contributed by atoms with Crippen LogP contribution < -0.4 is 5.43 Å². The van der Waals surface area contributed by atoms with Gasteiger partial charge in [-0.1, -0.05) is 64.1 Å². The van der Waals surface area contributed by atoms with E-state index in [0.29, 0.717) is 31.4 Å². The number of para-hydroxylation sites is 1. The number of carbonyl (C=O) groups is 5. The minimum atomic E-state index is -3.22. The number of benzene rings is 2. The number of fused-ring (bicyclic) bond motifs is 2. The third-order valence-electron chi connectivity index (χ3n) is 13.5. The van der Waals surface area contributed by atoms with Crippen molar-refractivity contribution in [2.75, 3.05) is 27.7 Å². The van der Waals surface area contributed by atoms with E-state index in [0.717, 1.165) is 23.4 Å². The first-order chi connectivity index (χ1) is 30.8. The highest BCUT2D eigenvalue weighted by atomic mass is 19.1. The third kappa shape index (κ3) is 10.6. The molecule has 1 unspecified atom stereocenters. The van der Waals surface area contributed by atoms with Crippen LogP contribution in [0.25, 0.3) is 10.9 Å². The van der Waals surface area contributed by atoms with Gasteiger partial charge in [0, 0.05) is 43.0 Å². The van der Waals surface area contributed by atoms with E-state index in [1.54, 1.807) is 64.2 Å². The molecule has 3 aliphatic rings. The fourth-order valence-electron chi connectivity index (χ4n) is 9.74. The standard InChI is InChI=1S/C49H65FN4O11/c1-11-37-41-38(54(47(59)64-41)52-24-17-20-32-23-25-51-35-22-16-15-21-34(32)35)30(4)39(55)28(2)27-48(6,60-10)43(31(5)42(56)49(7,50)46(58)62-37)65-45-40(36(53(8)9)26-29(3)61-45)63-44(57)33-18-13-12-14-19-33/h12-16,18-19,21-23,25,28-31,36-38,40-41,43,45,52H,11,17,20,24,26-27H2,1-10H3/t28-,29-,30-,31+,36+,37-,38-,40-,41?,43-,45+,48-,49+/m1/s1. The molecule has 6 rings (SSSR count). The molecule has 0 spiro atoms. The molecule has 3 aromatic rings. The summed E-state index contributed by atoms with van der Waals surface area (Å²) in [6.07, 6.45) is -3.87. The summed E-state index contributed by atoms with van der Waals surface area (Å²) in [5.41, 5.74) is 0.688. The molecular formula is C49H65FN4O11. The van der Waals surface area contributed by atoms with Gasteiger partial charge >= 0.3 is 18.0 Å². The van der Waals surface area contributed by atoms with E-state index >= 15 is 4.39 Å². The summed E-state index contributed by atoms with van der Waals surface area (Å²) >= 11 is 0. The summed E-state index contributed by atoms with van der Waals surface area (Å²) in [6.45, 7) is 11.1. The number of aryl methyl sites for hydroxylation is 1. The second-order valence-corrected chi connectivity index (χ2v) is 18.4. The number of ether oxygens (including phenoxy) is 6. The number of amides is 1. The lowest BCUT2D eigenvalue weighted by molar-refractivity contribution is -0.294. The predicted octanol–water partition coefficient (Wildman–Crippen LogP) is 6.44. The number of hydrazine groups is 1. The Morgan fingerprint density at radius 2 is 1.66 bits per heavy atom. The topological polar surface area (TPSA) is 172 Å². The second kappa shape index (κ2) is 20.7. The quantitative estimate of drug-likeness (QED) is 0.0911. The highest BCUT2D eigenvalue weighted by molar-refractivity contribution is 6.08. The van der Waals surface area contributed by atoms with E-state index in [2.05, 4.69) is 10.4 Å². The summed E-state index contributed by atoms with van der Waals surface area (Å²) in [5.74, 6) is -6.68. The summed E-state index contributed by atoms with van der Waals surface area (Å²) < 4.78 is 54.3. The number of Topliss-reactive ketones (excluding diaryl/α,β-unsaturated/α-hetero) is 2. The molecule has 1 aromatic heterocycles. The smallest absolute Gasteiger partial charge is 0.425 e. The van der Waals surface area contributed by atoms with Crippen molar-refractivity contribution in [2.45, 2.75) is 141 Å². The van der Waals surface area contributed by atoms with Crippen LogP contribution in [0.1, 0.15) is 90.1 Å². The molecule has 3 saturated heterocycles. The Labute approximate surface area is 380 Å². The molecule has 15 nitrogen and oxygen atoms in total. The number of nitrogens with zero attached hydrogens (tertiary/aromatic N) is 3. The molecule has 13 atom stereocenters. The van der Waals surface area contributed by atoms with Crippen LogP contribution in [0.5, 0.6) is 0 Å². The molecule has 0 radical (unpaired) electrons. The van der Waals surface area contributed by atoms with Crippen LogP contribution in [0.4, 0.5) is 9.18 Å². The van der Waals surface area contributed by atoms with Gasteiger partial charge in [-0.25, -0.2) is 29.2 Å². The van der Waals surface area contributed by atoms with Crippen molar-refractivity contribution in [3.63, 3.8) is 0 Å². The molecule has 0 aliphatic carbocycles. The Morgan fingerprint density at radius 3 is 2.34 bits per heavy atom. The number of nitrogens with one attached hydrogen (secondary N) is 1. The number of methoxy groups -OCH3 is 1. The van der Waals surface area contributed by atoms with E-state index in [9.17, 15) is 24.0 Å². The van der Waals surface area contributed by atoms with Gasteiger partial charge < -0.3 is 33.3 Å². The van der Waals surface area contributed by atoms with E-state index in [-0.39, 0.29) is 18.6 Å². The molecule has 4 heterocycles. The molecule has 3 aliphatic heterocycles. The zero-order valence-corrected chi connectivity index (χ0v) is 39.2. The van der Waals surface area contributed by atoms with Crippen LogP contribution in [-0.4, -0.2) is 132 Å². The van der Waals surface area contributed by atoms with Gasteiger partial charge in [0.2, 0.25) is 0 Å². The summed E-state index contributed by atoms with van der Waals surface area (Å²) in [5, 5.41) is 2.30. The number of alkyl halides is 1. The van der Waals surface area contributed by atoms with Gasteiger partial charge in [0.15, 0.2) is 24.3 Å². The number of ketones is 2. The second-order valence-electron chi connectivity index (χ2n) is 18.4. The molecule has 0 saturated carbocycles. The molecule has 0 bridgehead atoms. The minimum absolute atomic E-state index is 0.0486.